The van der Waals surface area contributed by atoms with Crippen LogP contribution >= 0.6 is 0 Å². The van der Waals surface area contributed by atoms with E-state index in [4.69, 9.17) is 15.2 Å². The fourth-order valence-electron chi connectivity index (χ4n) is 4.33. The Balaban J connectivity index is 1.24. The SMILES string of the molecule is Cc1cc(N2C(Nc3ccc4ncnc(N)c4c3)OC[C@H]2C)ccc1Oc1ccn2ncnc2c1. The summed E-state index contributed by atoms with van der Waals surface area (Å²) in [5.74, 6) is 1.93. The van der Waals surface area contributed by atoms with E-state index in [2.05, 4.69) is 43.3 Å². The standard InChI is InChI=1S/C25H24N8O2/c1-15-9-18(4-6-22(15)35-19-7-8-32-23(11-19)28-14-30-32)33-16(2)12-34-25(33)31-17-3-5-21-20(10-17)24(26)29-13-27-21/h3-11,13-14,16,25,31H,12H2,1-2H3,(H2,26,27,29)/t16-,25?/m1/s1. The Hall–Kier alpha value is -4.44. The molecular weight excluding hydrogens is 444 g/mol. The lowest BCUT2D eigenvalue weighted by Crippen LogP contribution is -2.40. The van der Waals surface area contributed by atoms with Gasteiger partial charge in [0.1, 0.15) is 30.0 Å². The van der Waals surface area contributed by atoms with Gasteiger partial charge in [-0.15, -0.1) is 0 Å². The smallest absolute Gasteiger partial charge is 0.208 e. The third kappa shape index (κ3) is 3.93. The monoisotopic (exact) mass is 468 g/mol. The molecule has 10 heteroatoms. The van der Waals surface area contributed by atoms with Gasteiger partial charge in [0.2, 0.25) is 6.35 Å². The number of nitrogens with one attached hydrogen (secondary N) is 1. The van der Waals surface area contributed by atoms with Crippen LogP contribution in [0.15, 0.2) is 67.4 Å². The van der Waals surface area contributed by atoms with Gasteiger partial charge in [-0.3, -0.25) is 0 Å². The summed E-state index contributed by atoms with van der Waals surface area (Å²) < 4.78 is 13.9. The zero-order chi connectivity index (χ0) is 23.9. The van der Waals surface area contributed by atoms with Gasteiger partial charge in [-0.1, -0.05) is 0 Å². The van der Waals surface area contributed by atoms with Crippen LogP contribution in [0.1, 0.15) is 12.5 Å². The van der Waals surface area contributed by atoms with Gasteiger partial charge in [0.25, 0.3) is 0 Å². The van der Waals surface area contributed by atoms with E-state index in [9.17, 15) is 0 Å². The Labute approximate surface area is 201 Å². The highest BCUT2D eigenvalue weighted by Gasteiger charge is 2.32. The van der Waals surface area contributed by atoms with Crippen molar-refractivity contribution in [3.8, 4) is 11.5 Å². The van der Waals surface area contributed by atoms with Gasteiger partial charge in [0, 0.05) is 29.0 Å². The molecule has 1 saturated heterocycles. The molecule has 1 fully saturated rings. The van der Waals surface area contributed by atoms with Crippen molar-refractivity contribution in [2.45, 2.75) is 26.2 Å². The van der Waals surface area contributed by atoms with Crippen molar-refractivity contribution in [2.75, 3.05) is 22.6 Å². The molecule has 0 radical (unpaired) electrons. The highest BCUT2D eigenvalue weighted by Crippen LogP contribution is 2.33. The second-order valence-corrected chi connectivity index (χ2v) is 8.55. The van der Waals surface area contributed by atoms with E-state index in [1.54, 1.807) is 4.52 Å². The molecule has 1 aliphatic heterocycles. The first kappa shape index (κ1) is 21.1. The van der Waals surface area contributed by atoms with Gasteiger partial charge < -0.3 is 25.4 Å². The van der Waals surface area contributed by atoms with Crippen LogP contribution in [-0.4, -0.2) is 43.6 Å². The van der Waals surface area contributed by atoms with Crippen LogP contribution in [0, 0.1) is 6.92 Å². The van der Waals surface area contributed by atoms with Crippen LogP contribution in [-0.2, 0) is 4.74 Å². The molecule has 3 N–H and O–H groups in total. The maximum absolute atomic E-state index is 6.14. The van der Waals surface area contributed by atoms with Crippen molar-refractivity contribution in [2.24, 2.45) is 0 Å². The summed E-state index contributed by atoms with van der Waals surface area (Å²) in [4.78, 5) is 14.8. The number of benzene rings is 2. The highest BCUT2D eigenvalue weighted by atomic mass is 16.5. The molecule has 2 aromatic carbocycles. The minimum absolute atomic E-state index is 0.183. The maximum atomic E-state index is 6.14. The number of nitrogens with zero attached hydrogens (tertiary/aromatic N) is 6. The number of ether oxygens (including phenoxy) is 2. The number of hydrogen-bond donors (Lipinski definition) is 2. The molecule has 35 heavy (non-hydrogen) atoms. The summed E-state index contributed by atoms with van der Waals surface area (Å²) in [7, 11) is 0. The van der Waals surface area contributed by atoms with E-state index < -0.39 is 0 Å². The molecule has 10 nitrogen and oxygen atoms in total. The molecule has 4 heterocycles. The maximum Gasteiger partial charge on any atom is 0.208 e. The van der Waals surface area contributed by atoms with Gasteiger partial charge in [-0.25, -0.2) is 19.5 Å². The van der Waals surface area contributed by atoms with Crippen LogP contribution < -0.4 is 20.7 Å². The molecule has 0 amide bonds. The number of nitrogens with two attached hydrogens (primary N) is 1. The third-order valence-corrected chi connectivity index (χ3v) is 6.12. The van der Waals surface area contributed by atoms with Gasteiger partial charge in [-0.05, 0) is 61.9 Å². The molecule has 1 unspecified atom stereocenters. The largest absolute Gasteiger partial charge is 0.457 e. The lowest BCUT2D eigenvalue weighted by atomic mass is 10.1. The second-order valence-electron chi connectivity index (χ2n) is 8.55. The molecule has 0 aliphatic carbocycles. The summed E-state index contributed by atoms with van der Waals surface area (Å²) in [6.07, 6.45) is 4.48. The zero-order valence-corrected chi connectivity index (χ0v) is 19.3. The number of rotatable bonds is 5. The Morgan fingerprint density at radius 2 is 1.97 bits per heavy atom. The van der Waals surface area contributed by atoms with Crippen molar-refractivity contribution in [1.82, 2.24) is 24.6 Å². The molecule has 3 aromatic heterocycles. The molecule has 5 aromatic rings. The number of pyridine rings is 1. The average molecular weight is 469 g/mol. The molecule has 1 aliphatic rings. The highest BCUT2D eigenvalue weighted by molar-refractivity contribution is 5.90. The summed E-state index contributed by atoms with van der Waals surface area (Å²) in [5, 5.41) is 8.39. The summed E-state index contributed by atoms with van der Waals surface area (Å²) in [6, 6.07) is 15.9. The summed E-state index contributed by atoms with van der Waals surface area (Å²) in [6.45, 7) is 4.78. The predicted molar refractivity (Wildman–Crippen MR) is 133 cm³/mol. The molecule has 6 rings (SSSR count). The van der Waals surface area contributed by atoms with E-state index in [1.807, 2.05) is 55.6 Å². The summed E-state index contributed by atoms with van der Waals surface area (Å²) in [5.41, 5.74) is 10.5. The first-order valence-corrected chi connectivity index (χ1v) is 11.3. The lowest BCUT2D eigenvalue weighted by Gasteiger charge is -2.30. The fraction of sp³-hybridized carbons (Fsp3) is 0.200. The molecule has 2 atom stereocenters. The van der Waals surface area contributed by atoms with E-state index in [1.165, 1.54) is 12.7 Å². The fourth-order valence-corrected chi connectivity index (χ4v) is 4.33. The number of aromatic nitrogens is 5. The van der Waals surface area contributed by atoms with Gasteiger partial charge in [-0.2, -0.15) is 5.10 Å². The molecule has 0 spiro atoms. The molecule has 0 saturated carbocycles. The average Bonchev–Trinajstić information content (AvgIpc) is 3.47. The second kappa shape index (κ2) is 8.41. The van der Waals surface area contributed by atoms with Crippen molar-refractivity contribution in [3.05, 3.63) is 72.9 Å². The Morgan fingerprint density at radius 3 is 2.86 bits per heavy atom. The number of nitrogen functional groups attached to an aromatic ring is 1. The van der Waals surface area contributed by atoms with Crippen LogP contribution in [0.25, 0.3) is 16.6 Å². The van der Waals surface area contributed by atoms with Crippen LogP contribution in [0.2, 0.25) is 0 Å². The first-order valence-electron chi connectivity index (χ1n) is 11.3. The topological polar surface area (TPSA) is 116 Å². The molecule has 176 valence electrons. The Kier molecular flexibility index (Phi) is 5.07. The van der Waals surface area contributed by atoms with E-state index in [0.717, 1.165) is 39.2 Å². The van der Waals surface area contributed by atoms with Crippen molar-refractivity contribution < 1.29 is 9.47 Å². The van der Waals surface area contributed by atoms with E-state index in [-0.39, 0.29) is 12.4 Å². The Morgan fingerprint density at radius 1 is 1.06 bits per heavy atom. The number of fused-ring (bicyclic) bond motifs is 2. The van der Waals surface area contributed by atoms with Gasteiger partial charge in [0.15, 0.2) is 5.65 Å². The normalized spacial score (nSPS) is 17.8. The molecule has 0 bridgehead atoms. The summed E-state index contributed by atoms with van der Waals surface area (Å²) >= 11 is 0. The van der Waals surface area contributed by atoms with Crippen molar-refractivity contribution in [3.63, 3.8) is 0 Å². The number of anilines is 3. The predicted octanol–water partition coefficient (Wildman–Crippen LogP) is 3.98. The zero-order valence-electron chi connectivity index (χ0n) is 19.3. The minimum atomic E-state index is -0.338. The third-order valence-electron chi connectivity index (χ3n) is 6.12. The van der Waals surface area contributed by atoms with Crippen LogP contribution in [0.4, 0.5) is 17.2 Å². The van der Waals surface area contributed by atoms with Gasteiger partial charge >= 0.3 is 0 Å². The van der Waals surface area contributed by atoms with Gasteiger partial charge in [0.05, 0.1) is 18.2 Å². The van der Waals surface area contributed by atoms with E-state index in [0.29, 0.717) is 18.2 Å². The number of hydrogen-bond acceptors (Lipinski definition) is 9. The quantitative estimate of drug-likeness (QED) is 0.395. The van der Waals surface area contributed by atoms with Crippen molar-refractivity contribution >= 4 is 33.7 Å². The van der Waals surface area contributed by atoms with Crippen LogP contribution in [0.3, 0.4) is 0 Å². The lowest BCUT2D eigenvalue weighted by molar-refractivity contribution is 0.131. The first-order chi connectivity index (χ1) is 17.0. The van der Waals surface area contributed by atoms with Crippen LogP contribution in [0.5, 0.6) is 11.5 Å². The number of aryl methyl sites for hydroxylation is 1. The van der Waals surface area contributed by atoms with E-state index >= 15 is 0 Å². The van der Waals surface area contributed by atoms with Crippen molar-refractivity contribution in [1.29, 1.82) is 0 Å². The Bertz CT molecular complexity index is 1540. The molecular formula is C25H24N8O2. The minimum Gasteiger partial charge on any atom is -0.457 e.